The summed E-state index contributed by atoms with van der Waals surface area (Å²) in [6.45, 7) is 4.56. The number of hydrogen-bond acceptors (Lipinski definition) is 5. The van der Waals surface area contributed by atoms with Crippen LogP contribution in [0.2, 0.25) is 0 Å². The van der Waals surface area contributed by atoms with Gasteiger partial charge in [0.2, 0.25) is 15.9 Å². The Morgan fingerprint density at radius 2 is 1.95 bits per heavy atom. The topological polar surface area (TPSA) is 76.3 Å². The summed E-state index contributed by atoms with van der Waals surface area (Å²) in [4.78, 5) is 4.48. The molecule has 7 heteroatoms. The molecule has 1 aliphatic heterocycles. The van der Waals surface area contributed by atoms with Gasteiger partial charge in [-0.25, -0.2) is 8.42 Å². The van der Waals surface area contributed by atoms with Crippen LogP contribution < -0.4 is 0 Å². The van der Waals surface area contributed by atoms with Crippen LogP contribution in [0.15, 0.2) is 33.7 Å². The van der Waals surface area contributed by atoms with Crippen molar-refractivity contribution < 1.29 is 12.9 Å². The van der Waals surface area contributed by atoms with E-state index in [1.165, 1.54) is 4.31 Å². The zero-order valence-corrected chi connectivity index (χ0v) is 12.8. The van der Waals surface area contributed by atoms with Crippen molar-refractivity contribution >= 4 is 10.0 Å². The van der Waals surface area contributed by atoms with E-state index in [4.69, 9.17) is 4.52 Å². The molecule has 0 spiro atoms. The zero-order valence-electron chi connectivity index (χ0n) is 12.0. The molecule has 2 aromatic rings. The van der Waals surface area contributed by atoms with Crippen LogP contribution in [0.25, 0.3) is 0 Å². The summed E-state index contributed by atoms with van der Waals surface area (Å²) in [6, 6.07) is 7.04. The number of aromatic nitrogens is 2. The summed E-state index contributed by atoms with van der Waals surface area (Å²) in [5.41, 5.74) is 1.12. The predicted octanol–water partition coefficient (Wildman–Crippen LogP) is 1.73. The maximum atomic E-state index is 12.5. The molecule has 1 fully saturated rings. The molecule has 6 nitrogen and oxygen atoms in total. The smallest absolute Gasteiger partial charge is 0.243 e. The summed E-state index contributed by atoms with van der Waals surface area (Å²) in [7, 11) is -3.42. The molecule has 0 saturated carbocycles. The molecular formula is C14H17N3O3S. The number of nitrogens with zero attached hydrogens (tertiary/aromatic N) is 3. The molecule has 0 aliphatic carbocycles. The van der Waals surface area contributed by atoms with Gasteiger partial charge in [0, 0.05) is 13.1 Å². The Balaban J connectivity index is 1.72. The van der Waals surface area contributed by atoms with Crippen LogP contribution in [0.3, 0.4) is 0 Å². The van der Waals surface area contributed by atoms with Gasteiger partial charge in [0.15, 0.2) is 5.82 Å². The number of sulfonamides is 1. The SMILES string of the molecule is CCc1ccc(S(=O)(=O)N2CC(c3nc(C)no3)C2)cc1. The van der Waals surface area contributed by atoms with E-state index in [0.717, 1.165) is 12.0 Å². The third-order valence-corrected chi connectivity index (χ3v) is 5.56. The molecular weight excluding hydrogens is 290 g/mol. The molecule has 1 aromatic carbocycles. The van der Waals surface area contributed by atoms with E-state index in [2.05, 4.69) is 10.1 Å². The molecule has 1 aliphatic rings. The van der Waals surface area contributed by atoms with E-state index < -0.39 is 10.0 Å². The van der Waals surface area contributed by atoms with Gasteiger partial charge in [-0.05, 0) is 31.0 Å². The quantitative estimate of drug-likeness (QED) is 0.859. The second kappa shape index (κ2) is 5.23. The van der Waals surface area contributed by atoms with Crippen molar-refractivity contribution in [1.29, 1.82) is 0 Å². The summed E-state index contributed by atoms with van der Waals surface area (Å²) in [6.07, 6.45) is 0.891. The Labute approximate surface area is 123 Å². The Bertz CT molecular complexity index is 731. The van der Waals surface area contributed by atoms with Crippen LogP contribution in [0, 0.1) is 6.92 Å². The first-order valence-electron chi connectivity index (χ1n) is 6.90. The van der Waals surface area contributed by atoms with Gasteiger partial charge in [-0.15, -0.1) is 0 Å². The molecule has 21 heavy (non-hydrogen) atoms. The molecule has 0 N–H and O–H groups in total. The molecule has 0 bridgehead atoms. The van der Waals surface area contributed by atoms with Gasteiger partial charge >= 0.3 is 0 Å². The van der Waals surface area contributed by atoms with Crippen molar-refractivity contribution in [3.8, 4) is 0 Å². The van der Waals surface area contributed by atoms with Crippen molar-refractivity contribution in [2.75, 3.05) is 13.1 Å². The second-order valence-corrected chi connectivity index (χ2v) is 7.13. The van der Waals surface area contributed by atoms with Gasteiger partial charge < -0.3 is 4.52 Å². The largest absolute Gasteiger partial charge is 0.339 e. The number of benzene rings is 1. The molecule has 2 heterocycles. The molecule has 0 amide bonds. The monoisotopic (exact) mass is 307 g/mol. The Hall–Kier alpha value is -1.73. The molecule has 112 valence electrons. The first-order valence-corrected chi connectivity index (χ1v) is 8.34. The van der Waals surface area contributed by atoms with E-state index in [-0.39, 0.29) is 5.92 Å². The van der Waals surface area contributed by atoms with Gasteiger partial charge in [-0.2, -0.15) is 9.29 Å². The van der Waals surface area contributed by atoms with Gasteiger partial charge in [0.05, 0.1) is 10.8 Å². The minimum Gasteiger partial charge on any atom is -0.339 e. The average molecular weight is 307 g/mol. The summed E-state index contributed by atoms with van der Waals surface area (Å²) in [5.74, 6) is 1.08. The maximum absolute atomic E-state index is 12.5. The zero-order chi connectivity index (χ0) is 15.0. The minimum absolute atomic E-state index is 0.00381. The van der Waals surface area contributed by atoms with Gasteiger partial charge in [-0.3, -0.25) is 0 Å². The van der Waals surface area contributed by atoms with Crippen LogP contribution in [0.1, 0.15) is 30.1 Å². The van der Waals surface area contributed by atoms with Crippen LogP contribution >= 0.6 is 0 Å². The number of hydrogen-bond donors (Lipinski definition) is 0. The van der Waals surface area contributed by atoms with E-state index in [1.807, 2.05) is 19.1 Å². The first kappa shape index (κ1) is 14.2. The fourth-order valence-electron chi connectivity index (χ4n) is 2.32. The highest BCUT2D eigenvalue weighted by Crippen LogP contribution is 2.31. The molecule has 0 atom stereocenters. The molecule has 1 aromatic heterocycles. The van der Waals surface area contributed by atoms with Gasteiger partial charge in [-0.1, -0.05) is 24.2 Å². The van der Waals surface area contributed by atoms with Crippen LogP contribution in [-0.2, 0) is 16.4 Å². The predicted molar refractivity (Wildman–Crippen MR) is 76.4 cm³/mol. The van der Waals surface area contributed by atoms with Crippen LogP contribution in [0.4, 0.5) is 0 Å². The summed E-state index contributed by atoms with van der Waals surface area (Å²) in [5, 5.41) is 3.73. The Morgan fingerprint density at radius 3 is 2.48 bits per heavy atom. The second-order valence-electron chi connectivity index (χ2n) is 5.20. The van der Waals surface area contributed by atoms with Crippen molar-refractivity contribution in [3.63, 3.8) is 0 Å². The normalized spacial score (nSPS) is 16.9. The maximum Gasteiger partial charge on any atom is 0.243 e. The van der Waals surface area contributed by atoms with E-state index in [1.54, 1.807) is 19.1 Å². The Kier molecular flexibility index (Phi) is 3.54. The van der Waals surface area contributed by atoms with Gasteiger partial charge in [0.25, 0.3) is 0 Å². The van der Waals surface area contributed by atoms with Crippen molar-refractivity contribution in [2.24, 2.45) is 0 Å². The lowest BCUT2D eigenvalue weighted by molar-refractivity contribution is 0.216. The lowest BCUT2D eigenvalue weighted by Crippen LogP contribution is -2.48. The third kappa shape index (κ3) is 2.58. The molecule has 0 unspecified atom stereocenters. The fourth-order valence-corrected chi connectivity index (χ4v) is 3.85. The highest BCUT2D eigenvalue weighted by Gasteiger charge is 2.40. The summed E-state index contributed by atoms with van der Waals surface area (Å²) < 4.78 is 31.4. The number of rotatable bonds is 4. The first-order chi connectivity index (χ1) is 10.0. The molecule has 0 radical (unpaired) electrons. The third-order valence-electron chi connectivity index (χ3n) is 3.71. The fraction of sp³-hybridized carbons (Fsp3) is 0.429. The van der Waals surface area contributed by atoms with Gasteiger partial charge in [0.1, 0.15) is 0 Å². The van der Waals surface area contributed by atoms with Crippen molar-refractivity contribution in [2.45, 2.75) is 31.1 Å². The molecule has 3 rings (SSSR count). The average Bonchev–Trinajstić information content (AvgIpc) is 2.83. The van der Waals surface area contributed by atoms with E-state index >= 15 is 0 Å². The lowest BCUT2D eigenvalue weighted by atomic mass is 10.0. The van der Waals surface area contributed by atoms with Crippen LogP contribution in [0.5, 0.6) is 0 Å². The minimum atomic E-state index is -3.42. The molecule has 1 saturated heterocycles. The lowest BCUT2D eigenvalue weighted by Gasteiger charge is -2.35. The Morgan fingerprint density at radius 1 is 1.29 bits per heavy atom. The highest BCUT2D eigenvalue weighted by atomic mass is 32.2. The van der Waals surface area contributed by atoms with E-state index in [0.29, 0.717) is 29.7 Å². The standard InChI is InChI=1S/C14H17N3O3S/c1-3-11-4-6-13(7-5-11)21(18,19)17-8-12(9-17)14-15-10(2)16-20-14/h4-7,12H,3,8-9H2,1-2H3. The van der Waals surface area contributed by atoms with E-state index in [9.17, 15) is 8.42 Å². The highest BCUT2D eigenvalue weighted by molar-refractivity contribution is 7.89. The number of aryl methyl sites for hydroxylation is 2. The summed E-state index contributed by atoms with van der Waals surface area (Å²) >= 11 is 0. The van der Waals surface area contributed by atoms with Crippen molar-refractivity contribution in [1.82, 2.24) is 14.4 Å². The van der Waals surface area contributed by atoms with Crippen LogP contribution in [-0.4, -0.2) is 36.0 Å². The van der Waals surface area contributed by atoms with Crippen molar-refractivity contribution in [3.05, 3.63) is 41.5 Å².